The first-order valence-corrected chi connectivity index (χ1v) is 9.48. The van der Waals surface area contributed by atoms with Gasteiger partial charge < -0.3 is 10.1 Å². The summed E-state index contributed by atoms with van der Waals surface area (Å²) in [5.74, 6) is -1.45. The molecule has 3 amide bonds. The van der Waals surface area contributed by atoms with E-state index in [1.807, 2.05) is 13.8 Å². The maximum atomic E-state index is 12.8. The van der Waals surface area contributed by atoms with E-state index >= 15 is 0 Å². The maximum absolute atomic E-state index is 12.8. The SMILES string of the molecule is CCNC(=O)NC(=O)[C@H](OC(=O)c1ccc2nc(C)c(C)nc2c1)c1ccccc1. The van der Waals surface area contributed by atoms with E-state index in [2.05, 4.69) is 20.6 Å². The van der Waals surface area contributed by atoms with Gasteiger partial charge in [-0.1, -0.05) is 30.3 Å². The lowest BCUT2D eigenvalue weighted by molar-refractivity contribution is -0.129. The second kappa shape index (κ2) is 9.13. The zero-order chi connectivity index (χ0) is 21.7. The quantitative estimate of drug-likeness (QED) is 0.630. The van der Waals surface area contributed by atoms with Crippen LogP contribution >= 0.6 is 0 Å². The Labute approximate surface area is 173 Å². The minimum atomic E-state index is -1.29. The number of hydrogen-bond acceptors (Lipinski definition) is 6. The zero-order valence-corrected chi connectivity index (χ0v) is 16.9. The van der Waals surface area contributed by atoms with Gasteiger partial charge in [0.25, 0.3) is 5.91 Å². The van der Waals surface area contributed by atoms with Crippen molar-refractivity contribution in [1.82, 2.24) is 20.6 Å². The normalized spacial score (nSPS) is 11.6. The Hall–Kier alpha value is -3.81. The molecule has 1 atom stereocenters. The number of carbonyl (C=O) groups is 3. The van der Waals surface area contributed by atoms with Crippen molar-refractivity contribution >= 4 is 28.9 Å². The van der Waals surface area contributed by atoms with Crippen LogP contribution in [0.1, 0.15) is 40.3 Å². The molecular weight excluding hydrogens is 384 g/mol. The number of imide groups is 1. The average Bonchev–Trinajstić information content (AvgIpc) is 2.73. The molecule has 154 valence electrons. The number of aromatic nitrogens is 2. The number of carbonyl (C=O) groups excluding carboxylic acids is 3. The van der Waals surface area contributed by atoms with Gasteiger partial charge in [-0.15, -0.1) is 0 Å². The van der Waals surface area contributed by atoms with Crippen LogP contribution in [0.25, 0.3) is 11.0 Å². The largest absolute Gasteiger partial charge is 0.444 e. The number of aryl methyl sites for hydroxylation is 2. The molecule has 3 rings (SSSR count). The average molecular weight is 406 g/mol. The first kappa shape index (κ1) is 20.9. The van der Waals surface area contributed by atoms with Crippen molar-refractivity contribution in [2.45, 2.75) is 26.9 Å². The molecule has 0 saturated carbocycles. The van der Waals surface area contributed by atoms with Crippen molar-refractivity contribution in [2.75, 3.05) is 6.54 Å². The third kappa shape index (κ3) is 4.78. The Morgan fingerprint density at radius 1 is 0.967 bits per heavy atom. The van der Waals surface area contributed by atoms with Crippen molar-refractivity contribution in [2.24, 2.45) is 0 Å². The van der Waals surface area contributed by atoms with Crippen LogP contribution in [0.5, 0.6) is 0 Å². The summed E-state index contributed by atoms with van der Waals surface area (Å²) in [5, 5.41) is 4.66. The lowest BCUT2D eigenvalue weighted by Crippen LogP contribution is -2.42. The Morgan fingerprint density at radius 3 is 2.30 bits per heavy atom. The van der Waals surface area contributed by atoms with Crippen LogP contribution in [0.4, 0.5) is 4.79 Å². The summed E-state index contributed by atoms with van der Waals surface area (Å²) in [6.07, 6.45) is -1.29. The van der Waals surface area contributed by atoms with E-state index in [0.717, 1.165) is 11.4 Å². The van der Waals surface area contributed by atoms with E-state index < -0.39 is 24.0 Å². The number of fused-ring (bicyclic) bond motifs is 1. The number of ether oxygens (including phenoxy) is 1. The first-order chi connectivity index (χ1) is 14.4. The van der Waals surface area contributed by atoms with E-state index in [1.165, 1.54) is 0 Å². The summed E-state index contributed by atoms with van der Waals surface area (Å²) >= 11 is 0. The molecule has 8 heteroatoms. The van der Waals surface area contributed by atoms with Gasteiger partial charge in [0, 0.05) is 12.1 Å². The lowest BCUT2D eigenvalue weighted by atomic mass is 10.1. The highest BCUT2D eigenvalue weighted by atomic mass is 16.5. The Balaban J connectivity index is 1.87. The fraction of sp³-hybridized carbons (Fsp3) is 0.227. The molecule has 0 aliphatic carbocycles. The number of nitrogens with zero attached hydrogens (tertiary/aromatic N) is 2. The second-order valence-corrected chi connectivity index (χ2v) is 6.64. The monoisotopic (exact) mass is 406 g/mol. The lowest BCUT2D eigenvalue weighted by Gasteiger charge is -2.18. The van der Waals surface area contributed by atoms with Crippen LogP contribution in [0, 0.1) is 13.8 Å². The van der Waals surface area contributed by atoms with Crippen molar-refractivity contribution in [3.8, 4) is 0 Å². The van der Waals surface area contributed by atoms with E-state index in [1.54, 1.807) is 55.5 Å². The van der Waals surface area contributed by atoms with E-state index in [9.17, 15) is 14.4 Å². The van der Waals surface area contributed by atoms with E-state index in [4.69, 9.17) is 4.74 Å². The van der Waals surface area contributed by atoms with Crippen LogP contribution in [0.3, 0.4) is 0 Å². The Bertz CT molecular complexity index is 1100. The summed E-state index contributed by atoms with van der Waals surface area (Å²) < 4.78 is 5.49. The minimum absolute atomic E-state index is 0.229. The van der Waals surface area contributed by atoms with Crippen molar-refractivity contribution in [3.05, 3.63) is 71.0 Å². The number of rotatable bonds is 5. The molecule has 30 heavy (non-hydrogen) atoms. The Kier molecular flexibility index (Phi) is 6.36. The molecule has 0 radical (unpaired) electrons. The maximum Gasteiger partial charge on any atom is 0.339 e. The summed E-state index contributed by atoms with van der Waals surface area (Å²) in [7, 11) is 0. The molecule has 8 nitrogen and oxygen atoms in total. The molecule has 0 spiro atoms. The highest BCUT2D eigenvalue weighted by Crippen LogP contribution is 2.21. The third-order valence-electron chi connectivity index (χ3n) is 4.45. The number of hydrogen-bond donors (Lipinski definition) is 2. The van der Waals surface area contributed by atoms with Crippen LogP contribution in [-0.4, -0.2) is 34.4 Å². The molecule has 0 unspecified atom stereocenters. The fourth-order valence-corrected chi connectivity index (χ4v) is 2.82. The van der Waals surface area contributed by atoms with Gasteiger partial charge in [0.15, 0.2) is 0 Å². The molecule has 1 aromatic heterocycles. The van der Waals surface area contributed by atoms with Gasteiger partial charge in [0.1, 0.15) is 0 Å². The molecular formula is C22H22N4O4. The predicted molar refractivity (Wildman–Crippen MR) is 111 cm³/mol. The summed E-state index contributed by atoms with van der Waals surface area (Å²) in [6.45, 7) is 5.78. The Morgan fingerprint density at radius 2 is 1.63 bits per heavy atom. The molecule has 0 fully saturated rings. The number of benzene rings is 2. The van der Waals surface area contributed by atoms with Crippen LogP contribution in [0.2, 0.25) is 0 Å². The van der Waals surface area contributed by atoms with Crippen molar-refractivity contribution in [1.29, 1.82) is 0 Å². The van der Waals surface area contributed by atoms with Gasteiger partial charge in [0.05, 0.1) is 28.0 Å². The highest BCUT2D eigenvalue weighted by Gasteiger charge is 2.27. The van der Waals surface area contributed by atoms with Crippen LogP contribution in [0.15, 0.2) is 48.5 Å². The third-order valence-corrected chi connectivity index (χ3v) is 4.45. The van der Waals surface area contributed by atoms with Gasteiger partial charge in [-0.05, 0) is 39.0 Å². The standard InChI is InChI=1S/C22H22N4O4/c1-4-23-22(29)26-20(27)19(15-8-6-5-7-9-15)30-21(28)16-10-11-17-18(12-16)25-14(3)13(2)24-17/h5-12,19H,4H2,1-3H3,(H2,23,26,27,29)/t19-/m1/s1. The molecule has 0 bridgehead atoms. The van der Waals surface area contributed by atoms with Crippen molar-refractivity contribution < 1.29 is 19.1 Å². The molecule has 2 aromatic carbocycles. The van der Waals surface area contributed by atoms with Crippen molar-refractivity contribution in [3.63, 3.8) is 0 Å². The number of amides is 3. The molecule has 1 heterocycles. The number of urea groups is 1. The molecule has 0 saturated heterocycles. The molecule has 2 N–H and O–H groups in total. The van der Waals surface area contributed by atoms with E-state index in [-0.39, 0.29) is 5.56 Å². The zero-order valence-electron chi connectivity index (χ0n) is 16.9. The number of esters is 1. The smallest absolute Gasteiger partial charge is 0.339 e. The molecule has 3 aromatic rings. The number of nitrogens with one attached hydrogen (secondary N) is 2. The van der Waals surface area contributed by atoms with Gasteiger partial charge in [-0.2, -0.15) is 0 Å². The summed E-state index contributed by atoms with van der Waals surface area (Å²) in [4.78, 5) is 46.0. The van der Waals surface area contributed by atoms with Crippen LogP contribution in [-0.2, 0) is 9.53 Å². The predicted octanol–water partition coefficient (Wildman–Crippen LogP) is 2.99. The fourth-order valence-electron chi connectivity index (χ4n) is 2.82. The second-order valence-electron chi connectivity index (χ2n) is 6.64. The van der Waals surface area contributed by atoms with Gasteiger partial charge >= 0.3 is 12.0 Å². The molecule has 0 aliphatic rings. The summed E-state index contributed by atoms with van der Waals surface area (Å²) in [6, 6.07) is 12.7. The highest BCUT2D eigenvalue weighted by molar-refractivity contribution is 5.99. The first-order valence-electron chi connectivity index (χ1n) is 9.48. The van der Waals surface area contributed by atoms with Gasteiger partial charge in [-0.25, -0.2) is 19.6 Å². The summed E-state index contributed by atoms with van der Waals surface area (Å²) in [5.41, 5.74) is 3.45. The van der Waals surface area contributed by atoms with Gasteiger partial charge in [-0.3, -0.25) is 10.1 Å². The van der Waals surface area contributed by atoms with Gasteiger partial charge in [0.2, 0.25) is 6.10 Å². The van der Waals surface area contributed by atoms with E-state index in [0.29, 0.717) is 23.1 Å². The topological polar surface area (TPSA) is 110 Å². The molecule has 0 aliphatic heterocycles. The van der Waals surface area contributed by atoms with Crippen LogP contribution < -0.4 is 10.6 Å². The minimum Gasteiger partial charge on any atom is -0.444 e.